The minimum Gasteiger partial charge on any atom is -0.308 e. The Balaban J connectivity index is 1.75. The van der Waals surface area contributed by atoms with Gasteiger partial charge in [0.05, 0.1) is 12.8 Å². The molecule has 0 saturated carbocycles. The van der Waals surface area contributed by atoms with Crippen molar-refractivity contribution in [1.82, 2.24) is 4.31 Å². The van der Waals surface area contributed by atoms with Gasteiger partial charge in [-0.1, -0.05) is 46.3 Å². The Morgan fingerprint density at radius 3 is 2.59 bits per heavy atom. The van der Waals surface area contributed by atoms with Crippen LogP contribution in [-0.2, 0) is 27.7 Å². The molecule has 0 aromatic heterocycles. The largest absolute Gasteiger partial charge is 0.308 e. The third-order valence-electron chi connectivity index (χ3n) is 4.80. The minimum absolute atomic E-state index is 0.0114. The number of nitrogens with zero attached hydrogens (tertiary/aromatic N) is 2. The van der Waals surface area contributed by atoms with Gasteiger partial charge in [0.1, 0.15) is 0 Å². The highest BCUT2D eigenvalue weighted by molar-refractivity contribution is 9.10. The second-order valence-electron chi connectivity index (χ2n) is 6.92. The summed E-state index contributed by atoms with van der Waals surface area (Å²) in [5.74, 6) is -0.193. The van der Waals surface area contributed by atoms with Crippen LogP contribution < -0.4 is 4.90 Å². The van der Waals surface area contributed by atoms with Gasteiger partial charge in [0.15, 0.2) is 0 Å². The summed E-state index contributed by atoms with van der Waals surface area (Å²) in [6, 6.07) is 15.5. The lowest BCUT2D eigenvalue weighted by molar-refractivity contribution is -0.119. The van der Waals surface area contributed by atoms with Crippen molar-refractivity contribution in [2.45, 2.75) is 25.8 Å². The minimum atomic E-state index is -3.48. The molecule has 27 heavy (non-hydrogen) atoms. The predicted octanol–water partition coefficient (Wildman–Crippen LogP) is 3.23. The second kappa shape index (κ2) is 8.12. The molecule has 0 bridgehead atoms. The third-order valence-corrected chi connectivity index (χ3v) is 6.54. The van der Waals surface area contributed by atoms with Crippen LogP contribution in [0.25, 0.3) is 0 Å². The molecule has 1 amide bonds. The number of amides is 1. The molecule has 0 unspecified atom stereocenters. The monoisotopic (exact) mass is 450 g/mol. The number of carbonyl (C=O) groups excluding carboxylic acids is 1. The van der Waals surface area contributed by atoms with Gasteiger partial charge in [0.2, 0.25) is 15.9 Å². The molecule has 1 atom stereocenters. The second-order valence-corrected chi connectivity index (χ2v) is 9.82. The van der Waals surface area contributed by atoms with E-state index in [-0.39, 0.29) is 25.0 Å². The first-order chi connectivity index (χ1) is 12.8. The highest BCUT2D eigenvalue weighted by Gasteiger charge is 2.33. The van der Waals surface area contributed by atoms with Crippen molar-refractivity contribution in [2.75, 3.05) is 24.2 Å². The Bertz CT molecular complexity index is 931. The molecule has 7 heteroatoms. The molecule has 0 aliphatic carbocycles. The smallest absolute Gasteiger partial charge is 0.242 e. The van der Waals surface area contributed by atoms with Gasteiger partial charge in [-0.25, -0.2) is 8.42 Å². The molecule has 1 heterocycles. The van der Waals surface area contributed by atoms with Crippen LogP contribution in [0.15, 0.2) is 53.0 Å². The van der Waals surface area contributed by atoms with Crippen LogP contribution in [0.4, 0.5) is 5.69 Å². The van der Waals surface area contributed by atoms with Crippen molar-refractivity contribution < 1.29 is 13.2 Å². The number of anilines is 1. The van der Waals surface area contributed by atoms with E-state index < -0.39 is 10.0 Å². The number of benzene rings is 2. The van der Waals surface area contributed by atoms with Crippen molar-refractivity contribution in [2.24, 2.45) is 0 Å². The predicted molar refractivity (Wildman–Crippen MR) is 111 cm³/mol. The summed E-state index contributed by atoms with van der Waals surface area (Å²) in [6.07, 6.45) is 2.49. The fourth-order valence-electron chi connectivity index (χ4n) is 3.47. The number of rotatable bonds is 6. The molecule has 2 aromatic rings. The van der Waals surface area contributed by atoms with Crippen LogP contribution in [0, 0.1) is 0 Å². The van der Waals surface area contributed by atoms with E-state index in [1.165, 1.54) is 4.31 Å². The molecule has 0 spiro atoms. The SMILES string of the molecule is C[C@@H]1Cc2cc(Br)ccc2N1C(=O)CN(CCc1ccccc1)S(C)(=O)=O. The van der Waals surface area contributed by atoms with Crippen LogP contribution in [0.2, 0.25) is 0 Å². The van der Waals surface area contributed by atoms with E-state index >= 15 is 0 Å². The Labute approximate surface area is 169 Å². The topological polar surface area (TPSA) is 57.7 Å². The van der Waals surface area contributed by atoms with Gasteiger partial charge in [-0.15, -0.1) is 0 Å². The molecule has 0 fully saturated rings. The molecule has 144 valence electrons. The van der Waals surface area contributed by atoms with Gasteiger partial charge < -0.3 is 4.90 Å². The summed E-state index contributed by atoms with van der Waals surface area (Å²) in [7, 11) is -3.48. The zero-order chi connectivity index (χ0) is 19.6. The first-order valence-electron chi connectivity index (χ1n) is 8.85. The normalized spacial score (nSPS) is 16.6. The average molecular weight is 451 g/mol. The summed E-state index contributed by atoms with van der Waals surface area (Å²) in [5.41, 5.74) is 3.01. The van der Waals surface area contributed by atoms with E-state index in [1.54, 1.807) is 4.90 Å². The highest BCUT2D eigenvalue weighted by Crippen LogP contribution is 2.34. The maximum Gasteiger partial charge on any atom is 0.242 e. The number of hydrogen-bond donors (Lipinski definition) is 0. The van der Waals surface area contributed by atoms with Crippen molar-refractivity contribution in [3.8, 4) is 0 Å². The van der Waals surface area contributed by atoms with Gasteiger partial charge in [-0.3, -0.25) is 4.79 Å². The summed E-state index contributed by atoms with van der Waals surface area (Å²) < 4.78 is 26.7. The first-order valence-corrected chi connectivity index (χ1v) is 11.5. The highest BCUT2D eigenvalue weighted by atomic mass is 79.9. The van der Waals surface area contributed by atoms with Crippen molar-refractivity contribution in [3.63, 3.8) is 0 Å². The number of halogens is 1. The van der Waals surface area contributed by atoms with Crippen molar-refractivity contribution in [3.05, 3.63) is 64.1 Å². The molecule has 2 aromatic carbocycles. The molecule has 0 saturated heterocycles. The molecule has 1 aliphatic heterocycles. The van der Waals surface area contributed by atoms with E-state index in [9.17, 15) is 13.2 Å². The number of fused-ring (bicyclic) bond motifs is 1. The van der Waals surface area contributed by atoms with Crippen LogP contribution in [0.5, 0.6) is 0 Å². The summed E-state index contributed by atoms with van der Waals surface area (Å²) in [4.78, 5) is 14.7. The van der Waals surface area contributed by atoms with E-state index in [1.807, 2.05) is 55.5 Å². The summed E-state index contributed by atoms with van der Waals surface area (Å²) >= 11 is 3.46. The molecule has 3 rings (SSSR count). The Morgan fingerprint density at radius 2 is 1.93 bits per heavy atom. The Morgan fingerprint density at radius 1 is 1.22 bits per heavy atom. The first kappa shape index (κ1) is 20.0. The average Bonchev–Trinajstić information content (AvgIpc) is 2.93. The number of carbonyl (C=O) groups is 1. The molecule has 1 aliphatic rings. The van der Waals surface area contributed by atoms with Crippen molar-refractivity contribution in [1.29, 1.82) is 0 Å². The summed E-state index contributed by atoms with van der Waals surface area (Å²) in [5, 5.41) is 0. The van der Waals surface area contributed by atoms with Gasteiger partial charge in [-0.05, 0) is 49.1 Å². The standard InChI is InChI=1S/C20H23BrN2O3S/c1-15-12-17-13-18(21)8-9-19(17)23(15)20(24)14-22(27(2,25)26)11-10-16-6-4-3-5-7-16/h3-9,13,15H,10-12,14H2,1-2H3/t15-/m1/s1. The van der Waals surface area contributed by atoms with Crippen LogP contribution in [0.1, 0.15) is 18.1 Å². The van der Waals surface area contributed by atoms with E-state index in [0.717, 1.165) is 34.0 Å². The van der Waals surface area contributed by atoms with E-state index in [0.29, 0.717) is 6.42 Å². The Hall–Kier alpha value is -1.70. The fraction of sp³-hybridized carbons (Fsp3) is 0.350. The fourth-order valence-corrected chi connectivity index (χ4v) is 4.64. The summed E-state index contributed by atoms with van der Waals surface area (Å²) in [6.45, 7) is 2.12. The molecular formula is C20H23BrN2O3S. The Kier molecular flexibility index (Phi) is 6.03. The molecule has 0 radical (unpaired) electrons. The van der Waals surface area contributed by atoms with Crippen LogP contribution in [-0.4, -0.2) is 44.0 Å². The molecule has 0 N–H and O–H groups in total. The number of hydrogen-bond acceptors (Lipinski definition) is 3. The lowest BCUT2D eigenvalue weighted by atomic mass is 10.1. The zero-order valence-electron chi connectivity index (χ0n) is 15.4. The third kappa shape index (κ3) is 4.78. The van der Waals surface area contributed by atoms with Crippen molar-refractivity contribution >= 4 is 37.5 Å². The molecular weight excluding hydrogens is 428 g/mol. The quantitative estimate of drug-likeness (QED) is 0.678. The van der Waals surface area contributed by atoms with Gasteiger partial charge in [0, 0.05) is 22.7 Å². The maximum atomic E-state index is 13.0. The lowest BCUT2D eigenvalue weighted by Gasteiger charge is -2.26. The van der Waals surface area contributed by atoms with Gasteiger partial charge >= 0.3 is 0 Å². The molecule has 5 nitrogen and oxygen atoms in total. The lowest BCUT2D eigenvalue weighted by Crippen LogP contribution is -2.45. The number of sulfonamides is 1. The van der Waals surface area contributed by atoms with E-state index in [4.69, 9.17) is 0 Å². The zero-order valence-corrected chi connectivity index (χ0v) is 17.8. The maximum absolute atomic E-state index is 13.0. The van der Waals surface area contributed by atoms with Crippen LogP contribution >= 0.6 is 15.9 Å². The van der Waals surface area contributed by atoms with Crippen LogP contribution in [0.3, 0.4) is 0 Å². The van der Waals surface area contributed by atoms with Gasteiger partial charge in [0.25, 0.3) is 0 Å². The van der Waals surface area contributed by atoms with Gasteiger partial charge in [-0.2, -0.15) is 4.31 Å². The van der Waals surface area contributed by atoms with E-state index in [2.05, 4.69) is 15.9 Å².